The summed E-state index contributed by atoms with van der Waals surface area (Å²) in [5.41, 5.74) is 0. The van der Waals surface area contributed by atoms with Crippen LogP contribution in [0.2, 0.25) is 0 Å². The molecule has 0 aliphatic heterocycles. The predicted octanol–water partition coefficient (Wildman–Crippen LogP) is 2.74. The fraction of sp³-hybridized carbons (Fsp3) is 0.500. The molecular weight excluding hydrogens is 150 g/mol. The van der Waals surface area contributed by atoms with Crippen LogP contribution in [-0.4, -0.2) is 12.8 Å². The Bertz CT molecular complexity index is 226. The van der Waals surface area contributed by atoms with Gasteiger partial charge in [0, 0.05) is 6.54 Å². The van der Waals surface area contributed by atoms with E-state index in [1.165, 1.54) is 6.42 Å². The van der Waals surface area contributed by atoms with Crippen molar-refractivity contribution in [2.75, 3.05) is 6.54 Å². The molecule has 0 saturated carbocycles. The Kier molecular flexibility index (Phi) is 3.58. The van der Waals surface area contributed by atoms with E-state index in [9.17, 15) is 0 Å². The molecule has 1 aromatic heterocycles. The van der Waals surface area contributed by atoms with Gasteiger partial charge >= 0.3 is 0 Å². The second kappa shape index (κ2) is 4.75. The van der Waals surface area contributed by atoms with Crippen LogP contribution in [0.3, 0.4) is 0 Å². The number of nitrogens with zero attached hydrogens (tertiary/aromatic N) is 1. The molecule has 0 aliphatic carbocycles. The molecule has 0 radical (unpaired) electrons. The standard InChI is InChI=1S/C10H15NO/c1-3-9(2)7-11-8-10-5-4-6-12-10/h4-6,8-9H,3,7H2,1-2H3/t9-/m0/s1. The quantitative estimate of drug-likeness (QED) is 0.630. The highest BCUT2D eigenvalue weighted by molar-refractivity contribution is 5.75. The summed E-state index contributed by atoms with van der Waals surface area (Å²) in [7, 11) is 0. The molecule has 1 rings (SSSR count). The molecule has 0 spiro atoms. The van der Waals surface area contributed by atoms with E-state index < -0.39 is 0 Å². The molecule has 0 amide bonds. The van der Waals surface area contributed by atoms with E-state index in [1.807, 2.05) is 12.1 Å². The van der Waals surface area contributed by atoms with E-state index in [-0.39, 0.29) is 0 Å². The van der Waals surface area contributed by atoms with E-state index in [1.54, 1.807) is 12.5 Å². The Morgan fingerprint density at radius 1 is 1.67 bits per heavy atom. The highest BCUT2D eigenvalue weighted by Crippen LogP contribution is 2.01. The first-order valence-corrected chi connectivity index (χ1v) is 4.36. The van der Waals surface area contributed by atoms with E-state index in [0.717, 1.165) is 12.3 Å². The number of furan rings is 1. The lowest BCUT2D eigenvalue weighted by Crippen LogP contribution is -1.96. The van der Waals surface area contributed by atoms with E-state index in [2.05, 4.69) is 18.8 Å². The summed E-state index contributed by atoms with van der Waals surface area (Å²) in [6, 6.07) is 3.77. The molecule has 1 aromatic rings. The average molecular weight is 165 g/mol. The van der Waals surface area contributed by atoms with Gasteiger partial charge in [0.2, 0.25) is 0 Å². The van der Waals surface area contributed by atoms with Gasteiger partial charge in [0.25, 0.3) is 0 Å². The molecule has 0 fully saturated rings. The average Bonchev–Trinajstić information content (AvgIpc) is 2.57. The summed E-state index contributed by atoms with van der Waals surface area (Å²) in [4.78, 5) is 4.27. The Balaban J connectivity index is 2.32. The lowest BCUT2D eigenvalue weighted by Gasteiger charge is -2.01. The zero-order chi connectivity index (χ0) is 8.81. The maximum absolute atomic E-state index is 5.10. The molecule has 1 heterocycles. The Morgan fingerprint density at radius 2 is 2.50 bits per heavy atom. The highest BCUT2D eigenvalue weighted by atomic mass is 16.3. The van der Waals surface area contributed by atoms with Crippen LogP contribution in [0.5, 0.6) is 0 Å². The molecule has 0 aliphatic rings. The maximum Gasteiger partial charge on any atom is 0.144 e. The monoisotopic (exact) mass is 165 g/mol. The van der Waals surface area contributed by atoms with Crippen molar-refractivity contribution in [1.82, 2.24) is 0 Å². The second-order valence-electron chi connectivity index (χ2n) is 3.02. The van der Waals surface area contributed by atoms with Crippen molar-refractivity contribution < 1.29 is 4.42 Å². The van der Waals surface area contributed by atoms with Gasteiger partial charge in [-0.25, -0.2) is 0 Å². The van der Waals surface area contributed by atoms with Crippen LogP contribution in [0, 0.1) is 5.92 Å². The first-order valence-electron chi connectivity index (χ1n) is 4.36. The molecule has 0 bridgehead atoms. The molecule has 2 nitrogen and oxygen atoms in total. The van der Waals surface area contributed by atoms with Gasteiger partial charge in [-0.2, -0.15) is 0 Å². The highest BCUT2D eigenvalue weighted by Gasteiger charge is 1.94. The summed E-state index contributed by atoms with van der Waals surface area (Å²) >= 11 is 0. The lowest BCUT2D eigenvalue weighted by molar-refractivity contribution is 0.555. The molecule has 1 atom stereocenters. The van der Waals surface area contributed by atoms with Crippen LogP contribution >= 0.6 is 0 Å². The van der Waals surface area contributed by atoms with Gasteiger partial charge in [-0.1, -0.05) is 20.3 Å². The van der Waals surface area contributed by atoms with Crippen molar-refractivity contribution >= 4 is 6.21 Å². The molecule has 0 saturated heterocycles. The first-order chi connectivity index (χ1) is 5.83. The first kappa shape index (κ1) is 9.04. The van der Waals surface area contributed by atoms with Crippen molar-refractivity contribution in [3.05, 3.63) is 24.2 Å². The maximum atomic E-state index is 5.10. The minimum absolute atomic E-state index is 0.663. The minimum atomic E-state index is 0.663. The Morgan fingerprint density at radius 3 is 3.08 bits per heavy atom. The zero-order valence-electron chi connectivity index (χ0n) is 7.66. The second-order valence-corrected chi connectivity index (χ2v) is 3.02. The van der Waals surface area contributed by atoms with Crippen LogP contribution in [-0.2, 0) is 0 Å². The summed E-state index contributed by atoms with van der Waals surface area (Å²) in [6.07, 6.45) is 4.62. The van der Waals surface area contributed by atoms with Crippen molar-refractivity contribution in [2.45, 2.75) is 20.3 Å². The summed E-state index contributed by atoms with van der Waals surface area (Å²) < 4.78 is 5.10. The number of hydrogen-bond donors (Lipinski definition) is 0. The van der Waals surface area contributed by atoms with Gasteiger partial charge < -0.3 is 4.42 Å². The van der Waals surface area contributed by atoms with Crippen molar-refractivity contribution in [1.29, 1.82) is 0 Å². The summed E-state index contributed by atoms with van der Waals surface area (Å²) in [5, 5.41) is 0. The van der Waals surface area contributed by atoms with Crippen molar-refractivity contribution in [3.63, 3.8) is 0 Å². The molecule has 66 valence electrons. The zero-order valence-corrected chi connectivity index (χ0v) is 7.66. The number of aliphatic imine (C=N–C) groups is 1. The summed E-state index contributed by atoms with van der Waals surface area (Å²) in [5.74, 6) is 1.49. The van der Waals surface area contributed by atoms with Gasteiger partial charge in [-0.3, -0.25) is 4.99 Å². The third-order valence-corrected chi connectivity index (χ3v) is 1.88. The van der Waals surface area contributed by atoms with Gasteiger partial charge in [0.05, 0.1) is 12.5 Å². The molecular formula is C10H15NO. The van der Waals surface area contributed by atoms with E-state index in [0.29, 0.717) is 5.92 Å². The fourth-order valence-corrected chi connectivity index (χ4v) is 0.816. The van der Waals surface area contributed by atoms with Crippen LogP contribution < -0.4 is 0 Å². The topological polar surface area (TPSA) is 25.5 Å². The van der Waals surface area contributed by atoms with Crippen molar-refractivity contribution in [2.24, 2.45) is 10.9 Å². The van der Waals surface area contributed by atoms with Gasteiger partial charge in [0.15, 0.2) is 0 Å². The van der Waals surface area contributed by atoms with Crippen LogP contribution in [0.15, 0.2) is 27.8 Å². The van der Waals surface area contributed by atoms with E-state index in [4.69, 9.17) is 4.42 Å². The van der Waals surface area contributed by atoms with Crippen molar-refractivity contribution in [3.8, 4) is 0 Å². The van der Waals surface area contributed by atoms with Gasteiger partial charge in [-0.05, 0) is 18.1 Å². The Labute approximate surface area is 73.3 Å². The molecule has 2 heteroatoms. The normalized spacial score (nSPS) is 13.8. The van der Waals surface area contributed by atoms with E-state index >= 15 is 0 Å². The van der Waals surface area contributed by atoms with Gasteiger partial charge in [0.1, 0.15) is 5.76 Å². The lowest BCUT2D eigenvalue weighted by atomic mass is 10.1. The van der Waals surface area contributed by atoms with Crippen LogP contribution in [0.25, 0.3) is 0 Å². The third kappa shape index (κ3) is 2.91. The third-order valence-electron chi connectivity index (χ3n) is 1.88. The molecule has 0 unspecified atom stereocenters. The Hall–Kier alpha value is -1.05. The minimum Gasteiger partial charge on any atom is -0.463 e. The molecule has 12 heavy (non-hydrogen) atoms. The SMILES string of the molecule is CC[C@H](C)CN=Cc1ccco1. The predicted molar refractivity (Wildman–Crippen MR) is 50.6 cm³/mol. The smallest absolute Gasteiger partial charge is 0.144 e. The van der Waals surface area contributed by atoms with Crippen LogP contribution in [0.1, 0.15) is 26.0 Å². The number of rotatable bonds is 4. The molecule has 0 aromatic carbocycles. The fourth-order valence-electron chi connectivity index (χ4n) is 0.816. The largest absolute Gasteiger partial charge is 0.463 e. The number of hydrogen-bond acceptors (Lipinski definition) is 2. The van der Waals surface area contributed by atoms with Crippen LogP contribution in [0.4, 0.5) is 0 Å². The molecule has 0 N–H and O–H groups in total. The van der Waals surface area contributed by atoms with Gasteiger partial charge in [-0.15, -0.1) is 0 Å². The summed E-state index contributed by atoms with van der Waals surface area (Å²) in [6.45, 7) is 5.25.